The highest BCUT2D eigenvalue weighted by Crippen LogP contribution is 2.22. The second-order valence-corrected chi connectivity index (χ2v) is 5.39. The first-order valence-corrected chi connectivity index (χ1v) is 7.36. The fourth-order valence-corrected chi connectivity index (χ4v) is 2.74. The molecule has 1 aliphatic heterocycles. The van der Waals surface area contributed by atoms with E-state index in [9.17, 15) is 0 Å². The minimum absolute atomic E-state index is 0.0981. The molecule has 3 heteroatoms. The first-order valence-electron chi connectivity index (χ1n) is 7.36. The summed E-state index contributed by atoms with van der Waals surface area (Å²) >= 11 is 0. The van der Waals surface area contributed by atoms with Gasteiger partial charge in [-0.25, -0.2) is 4.98 Å². The van der Waals surface area contributed by atoms with Gasteiger partial charge in [-0.1, -0.05) is 36.4 Å². The lowest BCUT2D eigenvalue weighted by atomic mass is 10.0. The van der Waals surface area contributed by atoms with Gasteiger partial charge in [0.25, 0.3) is 0 Å². The molecule has 3 nitrogen and oxygen atoms in total. The van der Waals surface area contributed by atoms with Crippen molar-refractivity contribution in [1.29, 1.82) is 0 Å². The Kier molecular flexibility index (Phi) is 3.97. The normalized spacial score (nSPS) is 16.9. The quantitative estimate of drug-likeness (QED) is 0.929. The Morgan fingerprint density at radius 1 is 0.900 bits per heavy atom. The van der Waals surface area contributed by atoms with E-state index in [1.54, 1.807) is 0 Å². The lowest BCUT2D eigenvalue weighted by Gasteiger charge is -2.27. The highest BCUT2D eigenvalue weighted by molar-refractivity contribution is 5.41. The molecule has 1 saturated heterocycles. The smallest absolute Gasteiger partial charge is 0.128 e. The molecule has 0 unspecified atom stereocenters. The van der Waals surface area contributed by atoms with E-state index in [0.29, 0.717) is 0 Å². The van der Waals surface area contributed by atoms with Crippen LogP contribution in [0.1, 0.15) is 36.4 Å². The summed E-state index contributed by atoms with van der Waals surface area (Å²) in [5.41, 5.74) is 8.48. The maximum Gasteiger partial charge on any atom is 0.128 e. The van der Waals surface area contributed by atoms with E-state index in [4.69, 9.17) is 5.73 Å². The van der Waals surface area contributed by atoms with Gasteiger partial charge in [-0.15, -0.1) is 0 Å². The summed E-state index contributed by atoms with van der Waals surface area (Å²) in [6, 6.07) is 14.3. The Morgan fingerprint density at radius 2 is 1.65 bits per heavy atom. The number of benzene rings is 1. The summed E-state index contributed by atoms with van der Waals surface area (Å²) in [5.74, 6) is 1.08. The number of rotatable bonds is 3. The number of piperidine rings is 1. The molecule has 1 atom stereocenters. The lowest BCUT2D eigenvalue weighted by molar-refractivity contribution is 0.573. The molecule has 1 fully saturated rings. The molecule has 2 aromatic rings. The van der Waals surface area contributed by atoms with Crippen LogP contribution < -0.4 is 10.6 Å². The average Bonchev–Trinajstić information content (AvgIpc) is 2.56. The summed E-state index contributed by atoms with van der Waals surface area (Å²) in [5, 5.41) is 0. The summed E-state index contributed by atoms with van der Waals surface area (Å²) in [6.45, 7) is 2.24. The molecular weight excluding hydrogens is 246 g/mol. The number of nitrogens with zero attached hydrogens (tertiary/aromatic N) is 2. The van der Waals surface area contributed by atoms with Gasteiger partial charge in [-0.2, -0.15) is 0 Å². The summed E-state index contributed by atoms with van der Waals surface area (Å²) < 4.78 is 0. The fraction of sp³-hybridized carbons (Fsp3) is 0.353. The van der Waals surface area contributed by atoms with E-state index in [1.165, 1.54) is 19.3 Å². The Bertz CT molecular complexity index is 530. The fourth-order valence-electron chi connectivity index (χ4n) is 2.74. The summed E-state index contributed by atoms with van der Waals surface area (Å²) in [7, 11) is 0. The van der Waals surface area contributed by atoms with Gasteiger partial charge < -0.3 is 10.6 Å². The van der Waals surface area contributed by atoms with E-state index in [-0.39, 0.29) is 6.04 Å². The van der Waals surface area contributed by atoms with Gasteiger partial charge in [0.05, 0.1) is 6.04 Å². The molecule has 1 aliphatic rings. The molecule has 0 amide bonds. The third kappa shape index (κ3) is 2.83. The molecular formula is C17H21N3. The molecule has 0 spiro atoms. The van der Waals surface area contributed by atoms with E-state index >= 15 is 0 Å². The molecule has 2 N–H and O–H groups in total. The Labute approximate surface area is 120 Å². The standard InChI is InChI=1S/C17H21N3/c18-17(14-7-3-1-4-8-14)15-9-10-16(19-13-15)20-11-5-2-6-12-20/h1,3-4,7-10,13,17H,2,5-6,11-12,18H2/t17-/m1/s1. The third-order valence-corrected chi connectivity index (χ3v) is 3.97. The van der Waals surface area contributed by atoms with Crippen molar-refractivity contribution in [3.63, 3.8) is 0 Å². The first kappa shape index (κ1) is 13.1. The lowest BCUT2D eigenvalue weighted by Crippen LogP contribution is -2.30. The number of hydrogen-bond acceptors (Lipinski definition) is 3. The van der Waals surface area contributed by atoms with Gasteiger partial charge in [0, 0.05) is 19.3 Å². The van der Waals surface area contributed by atoms with E-state index in [0.717, 1.165) is 30.0 Å². The third-order valence-electron chi connectivity index (χ3n) is 3.97. The van der Waals surface area contributed by atoms with Crippen LogP contribution in [0.15, 0.2) is 48.7 Å². The predicted octanol–water partition coefficient (Wildman–Crippen LogP) is 3.12. The highest BCUT2D eigenvalue weighted by Gasteiger charge is 2.13. The zero-order valence-electron chi connectivity index (χ0n) is 11.7. The van der Waals surface area contributed by atoms with Gasteiger partial charge in [-0.05, 0) is 36.5 Å². The minimum atomic E-state index is -0.0981. The Hall–Kier alpha value is -1.87. The van der Waals surface area contributed by atoms with Crippen molar-refractivity contribution >= 4 is 5.82 Å². The first-order chi connectivity index (χ1) is 9.84. The van der Waals surface area contributed by atoms with Crippen LogP contribution in [0.2, 0.25) is 0 Å². The molecule has 1 aromatic carbocycles. The number of aromatic nitrogens is 1. The summed E-state index contributed by atoms with van der Waals surface area (Å²) in [6.07, 6.45) is 5.80. The van der Waals surface area contributed by atoms with Crippen molar-refractivity contribution < 1.29 is 0 Å². The van der Waals surface area contributed by atoms with Crippen LogP contribution in [0.3, 0.4) is 0 Å². The largest absolute Gasteiger partial charge is 0.357 e. The number of pyridine rings is 1. The minimum Gasteiger partial charge on any atom is -0.357 e. The molecule has 0 aliphatic carbocycles. The number of anilines is 1. The van der Waals surface area contributed by atoms with E-state index < -0.39 is 0 Å². The molecule has 1 aromatic heterocycles. The zero-order valence-corrected chi connectivity index (χ0v) is 11.7. The maximum absolute atomic E-state index is 6.29. The molecule has 0 bridgehead atoms. The van der Waals surface area contributed by atoms with Crippen molar-refractivity contribution in [3.8, 4) is 0 Å². The predicted molar refractivity (Wildman–Crippen MR) is 82.8 cm³/mol. The SMILES string of the molecule is N[C@H](c1ccccc1)c1ccc(N2CCCCC2)nc1. The zero-order chi connectivity index (χ0) is 13.8. The number of hydrogen-bond donors (Lipinski definition) is 1. The van der Waals surface area contributed by atoms with Crippen molar-refractivity contribution in [2.75, 3.05) is 18.0 Å². The van der Waals surface area contributed by atoms with E-state index in [2.05, 4.69) is 34.1 Å². The average molecular weight is 267 g/mol. The van der Waals surface area contributed by atoms with Crippen LogP contribution >= 0.6 is 0 Å². The van der Waals surface area contributed by atoms with Crippen LogP contribution in [0.25, 0.3) is 0 Å². The van der Waals surface area contributed by atoms with E-state index in [1.807, 2.05) is 24.4 Å². The second kappa shape index (κ2) is 6.06. The second-order valence-electron chi connectivity index (χ2n) is 5.39. The van der Waals surface area contributed by atoms with Crippen molar-refractivity contribution in [2.24, 2.45) is 5.73 Å². The van der Waals surface area contributed by atoms with Crippen molar-refractivity contribution in [3.05, 3.63) is 59.8 Å². The van der Waals surface area contributed by atoms with Gasteiger partial charge >= 0.3 is 0 Å². The molecule has 20 heavy (non-hydrogen) atoms. The van der Waals surface area contributed by atoms with Gasteiger partial charge in [0.15, 0.2) is 0 Å². The van der Waals surface area contributed by atoms with Gasteiger partial charge in [0.1, 0.15) is 5.82 Å². The van der Waals surface area contributed by atoms with Crippen molar-refractivity contribution in [1.82, 2.24) is 4.98 Å². The monoisotopic (exact) mass is 267 g/mol. The number of nitrogens with two attached hydrogens (primary N) is 1. The van der Waals surface area contributed by atoms with Crippen molar-refractivity contribution in [2.45, 2.75) is 25.3 Å². The summed E-state index contributed by atoms with van der Waals surface area (Å²) in [4.78, 5) is 6.96. The molecule has 0 radical (unpaired) electrons. The molecule has 0 saturated carbocycles. The van der Waals surface area contributed by atoms with Gasteiger partial charge in [-0.3, -0.25) is 0 Å². The Balaban J connectivity index is 1.75. The molecule has 104 valence electrons. The van der Waals surface area contributed by atoms with Crippen LogP contribution in [0.4, 0.5) is 5.82 Å². The topological polar surface area (TPSA) is 42.1 Å². The van der Waals surface area contributed by atoms with Crippen LogP contribution in [-0.4, -0.2) is 18.1 Å². The highest BCUT2D eigenvalue weighted by atomic mass is 15.2. The molecule has 3 rings (SSSR count). The molecule has 2 heterocycles. The maximum atomic E-state index is 6.29. The Morgan fingerprint density at radius 3 is 2.30 bits per heavy atom. The van der Waals surface area contributed by atoms with Crippen LogP contribution in [0, 0.1) is 0 Å². The van der Waals surface area contributed by atoms with Crippen LogP contribution in [0.5, 0.6) is 0 Å². The van der Waals surface area contributed by atoms with Gasteiger partial charge in [0.2, 0.25) is 0 Å². The van der Waals surface area contributed by atoms with Crippen LogP contribution in [-0.2, 0) is 0 Å².